The van der Waals surface area contributed by atoms with E-state index in [0.717, 1.165) is 35.0 Å². The number of pyridine rings is 1. The summed E-state index contributed by atoms with van der Waals surface area (Å²) in [5, 5.41) is 13.9. The van der Waals surface area contributed by atoms with Crippen molar-refractivity contribution in [3.63, 3.8) is 0 Å². The summed E-state index contributed by atoms with van der Waals surface area (Å²) in [5.74, 6) is 0. The van der Waals surface area contributed by atoms with Gasteiger partial charge in [0.2, 0.25) is 0 Å². The molecule has 1 aliphatic rings. The first-order valence-corrected chi connectivity index (χ1v) is 6.90. The molecule has 1 N–H and O–H groups in total. The number of anilines is 1. The van der Waals surface area contributed by atoms with Gasteiger partial charge in [-0.3, -0.25) is 4.98 Å². The second-order valence-electron chi connectivity index (χ2n) is 5.42. The van der Waals surface area contributed by atoms with E-state index in [9.17, 15) is 5.26 Å². The number of aromatic nitrogens is 1. The van der Waals surface area contributed by atoms with Crippen LogP contribution in [0.5, 0.6) is 0 Å². The minimum absolute atomic E-state index is 0.383. The minimum Gasteiger partial charge on any atom is -0.380 e. The molecular weight excluding hydrogens is 246 g/mol. The van der Waals surface area contributed by atoms with E-state index in [1.54, 1.807) is 6.20 Å². The van der Waals surface area contributed by atoms with E-state index >= 15 is 0 Å². The zero-order valence-corrected chi connectivity index (χ0v) is 11.8. The molecule has 3 rings (SSSR count). The lowest BCUT2D eigenvalue weighted by molar-refractivity contribution is 0.787. The molecule has 1 aromatic heterocycles. The van der Waals surface area contributed by atoms with Crippen LogP contribution in [0.1, 0.15) is 29.5 Å². The maximum atomic E-state index is 9.34. The second kappa shape index (κ2) is 4.97. The summed E-state index contributed by atoms with van der Waals surface area (Å²) in [6, 6.07) is 6.88. The predicted molar refractivity (Wildman–Crippen MR) is 81.7 cm³/mol. The first kappa shape index (κ1) is 12.7. The van der Waals surface area contributed by atoms with E-state index in [1.807, 2.05) is 0 Å². The Morgan fingerprint density at radius 1 is 1.25 bits per heavy atom. The number of aryl methyl sites for hydroxylation is 2. The van der Waals surface area contributed by atoms with Gasteiger partial charge >= 0.3 is 0 Å². The van der Waals surface area contributed by atoms with Crippen molar-refractivity contribution in [1.29, 1.82) is 5.26 Å². The fourth-order valence-corrected chi connectivity index (χ4v) is 2.84. The highest BCUT2D eigenvalue weighted by molar-refractivity contribution is 5.96. The summed E-state index contributed by atoms with van der Waals surface area (Å²) < 4.78 is 0. The largest absolute Gasteiger partial charge is 0.380 e. The molecule has 3 heteroatoms. The molecule has 0 amide bonds. The smallest absolute Gasteiger partial charge is 0.103 e. The first-order valence-electron chi connectivity index (χ1n) is 6.90. The Bertz CT molecular complexity index is 730. The van der Waals surface area contributed by atoms with Crippen molar-refractivity contribution in [1.82, 2.24) is 4.98 Å². The Morgan fingerprint density at radius 3 is 2.70 bits per heavy atom. The van der Waals surface area contributed by atoms with E-state index < -0.39 is 0 Å². The van der Waals surface area contributed by atoms with Crippen molar-refractivity contribution in [3.8, 4) is 6.07 Å². The van der Waals surface area contributed by atoms with E-state index in [-0.39, 0.29) is 0 Å². The molecule has 0 saturated heterocycles. The highest BCUT2D eigenvalue weighted by atomic mass is 14.9. The fraction of sp³-hybridized carbons (Fsp3) is 0.294. The van der Waals surface area contributed by atoms with Crippen LogP contribution in [-0.4, -0.2) is 11.0 Å². The monoisotopic (exact) mass is 263 g/mol. The molecule has 1 aliphatic carbocycles. The summed E-state index contributed by atoms with van der Waals surface area (Å²) in [6.45, 7) is 4.14. The van der Waals surface area contributed by atoms with Gasteiger partial charge in [-0.25, -0.2) is 0 Å². The van der Waals surface area contributed by atoms with Crippen LogP contribution >= 0.6 is 0 Å². The zero-order valence-electron chi connectivity index (χ0n) is 11.8. The summed E-state index contributed by atoms with van der Waals surface area (Å²) in [4.78, 5) is 4.45. The van der Waals surface area contributed by atoms with E-state index in [1.165, 1.54) is 5.56 Å². The van der Waals surface area contributed by atoms with Gasteiger partial charge in [0.1, 0.15) is 6.07 Å². The topological polar surface area (TPSA) is 48.7 Å². The SMILES string of the molecule is Cc1cc(C)c2ncc(C#N)c(NC3CC=CC3)c2c1. The molecule has 0 aliphatic heterocycles. The Labute approximate surface area is 118 Å². The summed E-state index contributed by atoms with van der Waals surface area (Å²) in [7, 11) is 0. The Hall–Kier alpha value is -2.34. The van der Waals surface area contributed by atoms with Crippen LogP contribution in [0.3, 0.4) is 0 Å². The Morgan fingerprint density at radius 2 is 2.00 bits per heavy atom. The first-order chi connectivity index (χ1) is 9.69. The highest BCUT2D eigenvalue weighted by Crippen LogP contribution is 2.30. The predicted octanol–water partition coefficient (Wildman–Crippen LogP) is 3.85. The Balaban J connectivity index is 2.17. The number of hydrogen-bond acceptors (Lipinski definition) is 3. The van der Waals surface area contributed by atoms with E-state index in [2.05, 4.69) is 54.5 Å². The van der Waals surface area contributed by atoms with E-state index in [4.69, 9.17) is 0 Å². The lowest BCUT2D eigenvalue weighted by Gasteiger charge is -2.17. The number of nitriles is 1. The lowest BCUT2D eigenvalue weighted by Crippen LogP contribution is -2.16. The number of nitrogens with zero attached hydrogens (tertiary/aromatic N) is 2. The number of fused-ring (bicyclic) bond motifs is 1. The highest BCUT2D eigenvalue weighted by Gasteiger charge is 2.16. The van der Waals surface area contributed by atoms with E-state index in [0.29, 0.717) is 11.6 Å². The van der Waals surface area contributed by atoms with Crippen LogP contribution in [0.15, 0.2) is 30.5 Å². The van der Waals surface area contributed by atoms with Crippen molar-refractivity contribution in [2.45, 2.75) is 32.7 Å². The fourth-order valence-electron chi connectivity index (χ4n) is 2.84. The maximum absolute atomic E-state index is 9.34. The van der Waals surface area contributed by atoms with Crippen molar-refractivity contribution in [2.75, 3.05) is 5.32 Å². The Kier molecular flexibility index (Phi) is 3.15. The van der Waals surface area contributed by atoms with Crippen LogP contribution in [0.4, 0.5) is 5.69 Å². The third-order valence-corrected chi connectivity index (χ3v) is 3.78. The minimum atomic E-state index is 0.383. The number of nitrogens with one attached hydrogen (secondary N) is 1. The van der Waals surface area contributed by atoms with Crippen molar-refractivity contribution < 1.29 is 0 Å². The van der Waals surface area contributed by atoms with Crippen LogP contribution in [0.25, 0.3) is 10.9 Å². The van der Waals surface area contributed by atoms with Crippen molar-refractivity contribution in [2.24, 2.45) is 0 Å². The zero-order chi connectivity index (χ0) is 14.1. The summed E-state index contributed by atoms with van der Waals surface area (Å²) in [6.07, 6.45) is 8.07. The van der Waals surface area contributed by atoms with Gasteiger partial charge in [0.15, 0.2) is 0 Å². The molecule has 100 valence electrons. The molecule has 2 aromatic rings. The molecule has 0 atom stereocenters. The molecular formula is C17H17N3. The molecule has 0 fully saturated rings. The van der Waals surface area contributed by atoms with Gasteiger partial charge in [-0.15, -0.1) is 0 Å². The summed E-state index contributed by atoms with van der Waals surface area (Å²) in [5.41, 5.74) is 4.87. The molecule has 0 spiro atoms. The standard InChI is InChI=1S/C17H17N3/c1-11-7-12(2)16-15(8-11)17(13(9-18)10-19-16)20-14-5-3-4-6-14/h3-4,7-8,10,14H,5-6H2,1-2H3,(H,19,20). The number of rotatable bonds is 2. The second-order valence-corrected chi connectivity index (χ2v) is 5.42. The molecule has 0 radical (unpaired) electrons. The third kappa shape index (κ3) is 2.14. The molecule has 20 heavy (non-hydrogen) atoms. The molecule has 0 bridgehead atoms. The molecule has 1 aromatic carbocycles. The third-order valence-electron chi connectivity index (χ3n) is 3.78. The quantitative estimate of drug-likeness (QED) is 0.837. The molecule has 0 saturated carbocycles. The van der Waals surface area contributed by atoms with Crippen LogP contribution in [0.2, 0.25) is 0 Å². The van der Waals surface area contributed by atoms with Crippen LogP contribution in [-0.2, 0) is 0 Å². The van der Waals surface area contributed by atoms with Crippen molar-refractivity contribution >= 4 is 16.6 Å². The molecule has 0 unspecified atom stereocenters. The van der Waals surface area contributed by atoms with Gasteiger partial charge in [0.25, 0.3) is 0 Å². The molecule has 1 heterocycles. The molecule has 3 nitrogen and oxygen atoms in total. The van der Waals surface area contributed by atoms with Crippen molar-refractivity contribution in [3.05, 3.63) is 47.2 Å². The van der Waals surface area contributed by atoms with Gasteiger partial charge in [-0.2, -0.15) is 5.26 Å². The van der Waals surface area contributed by atoms with Crippen LogP contribution < -0.4 is 5.32 Å². The number of benzene rings is 1. The maximum Gasteiger partial charge on any atom is 0.103 e. The lowest BCUT2D eigenvalue weighted by atomic mass is 10.0. The normalized spacial score (nSPS) is 14.7. The average molecular weight is 263 g/mol. The van der Waals surface area contributed by atoms with Gasteiger partial charge in [-0.1, -0.05) is 23.8 Å². The van der Waals surface area contributed by atoms with Gasteiger partial charge in [0.05, 0.1) is 16.8 Å². The van der Waals surface area contributed by atoms with Gasteiger partial charge in [-0.05, 0) is 38.3 Å². The van der Waals surface area contributed by atoms with Gasteiger partial charge < -0.3 is 5.32 Å². The average Bonchev–Trinajstić information content (AvgIpc) is 2.92. The number of hydrogen-bond donors (Lipinski definition) is 1. The summed E-state index contributed by atoms with van der Waals surface area (Å²) >= 11 is 0. The van der Waals surface area contributed by atoms with Gasteiger partial charge in [0, 0.05) is 17.6 Å². The van der Waals surface area contributed by atoms with Crippen LogP contribution in [0, 0.1) is 25.2 Å².